The van der Waals surface area contributed by atoms with Gasteiger partial charge in [0.15, 0.2) is 4.34 Å². The van der Waals surface area contributed by atoms with Gasteiger partial charge in [0.1, 0.15) is 10.3 Å². The molecule has 0 saturated heterocycles. The summed E-state index contributed by atoms with van der Waals surface area (Å²) in [5, 5.41) is 11.0. The number of benzene rings is 1. The summed E-state index contributed by atoms with van der Waals surface area (Å²) in [7, 11) is 0. The number of nitrogens with zero attached hydrogens (tertiary/aromatic N) is 3. The Morgan fingerprint density at radius 1 is 1.35 bits per heavy atom. The third kappa shape index (κ3) is 3.66. The van der Waals surface area contributed by atoms with Crippen LogP contribution >= 0.6 is 23.1 Å². The second-order valence-corrected chi connectivity index (χ2v) is 7.12. The van der Waals surface area contributed by atoms with Gasteiger partial charge < -0.3 is 5.73 Å². The van der Waals surface area contributed by atoms with E-state index in [0.717, 1.165) is 31.6 Å². The summed E-state index contributed by atoms with van der Waals surface area (Å²) in [4.78, 5) is 21.3. The Balaban J connectivity index is 1.92. The lowest BCUT2D eigenvalue weighted by Crippen LogP contribution is -2.01. The lowest BCUT2D eigenvalue weighted by molar-refractivity contribution is -0.385. The van der Waals surface area contributed by atoms with Crippen molar-refractivity contribution in [3.63, 3.8) is 0 Å². The second kappa shape index (κ2) is 7.03. The summed E-state index contributed by atoms with van der Waals surface area (Å²) in [6, 6.07) is 8.72. The molecule has 2 N–H and O–H groups in total. The third-order valence-electron chi connectivity index (χ3n) is 3.25. The molecule has 6 nitrogen and oxygen atoms in total. The molecular weight excluding hydrogens is 332 g/mol. The summed E-state index contributed by atoms with van der Waals surface area (Å²) in [6.45, 7) is 0.553. The van der Waals surface area contributed by atoms with E-state index < -0.39 is 0 Å². The third-order valence-corrected chi connectivity index (χ3v) is 5.41. The lowest BCUT2D eigenvalue weighted by Gasteiger charge is -2.07. The smallest absolute Gasteiger partial charge is 0.269 e. The van der Waals surface area contributed by atoms with Gasteiger partial charge in [0.2, 0.25) is 0 Å². The van der Waals surface area contributed by atoms with Gasteiger partial charge in [0.05, 0.1) is 4.92 Å². The molecule has 0 aliphatic rings. The van der Waals surface area contributed by atoms with Crippen LogP contribution in [0.15, 0.2) is 45.8 Å². The number of rotatable bonds is 6. The van der Waals surface area contributed by atoms with Gasteiger partial charge in [-0.2, -0.15) is 0 Å². The number of pyridine rings is 1. The van der Waals surface area contributed by atoms with Gasteiger partial charge >= 0.3 is 0 Å². The molecule has 0 spiro atoms. The number of aromatic nitrogens is 2. The van der Waals surface area contributed by atoms with Crippen LogP contribution in [0.1, 0.15) is 12.0 Å². The molecule has 2 aromatic heterocycles. The minimum atomic E-state index is -0.373. The largest absolute Gasteiger partial charge is 0.330 e. The molecule has 3 aromatic rings. The van der Waals surface area contributed by atoms with Crippen LogP contribution in [0.5, 0.6) is 0 Å². The molecule has 0 bridgehead atoms. The Bertz CT molecular complexity index is 817. The number of nitro benzene ring substituents is 1. The zero-order valence-corrected chi connectivity index (χ0v) is 13.8. The minimum absolute atomic E-state index is 0.104. The zero-order chi connectivity index (χ0) is 16.2. The number of aryl methyl sites for hydroxylation is 1. The van der Waals surface area contributed by atoms with Crippen molar-refractivity contribution < 1.29 is 4.92 Å². The van der Waals surface area contributed by atoms with Crippen LogP contribution in [0, 0.1) is 10.1 Å². The highest BCUT2D eigenvalue weighted by atomic mass is 32.2. The second-order valence-electron chi connectivity index (χ2n) is 4.85. The molecule has 0 atom stereocenters. The number of hydrogen-bond acceptors (Lipinski definition) is 7. The molecule has 0 amide bonds. The quantitative estimate of drug-likeness (QED) is 0.541. The first-order valence-electron chi connectivity index (χ1n) is 7.04. The van der Waals surface area contributed by atoms with Gasteiger partial charge in [-0.15, -0.1) is 0 Å². The molecule has 0 fully saturated rings. The van der Waals surface area contributed by atoms with Crippen LogP contribution in [-0.4, -0.2) is 21.4 Å². The highest BCUT2D eigenvalue weighted by Crippen LogP contribution is 2.36. The van der Waals surface area contributed by atoms with Crippen molar-refractivity contribution in [2.75, 3.05) is 6.54 Å². The lowest BCUT2D eigenvalue weighted by atomic mass is 10.1. The average molecular weight is 346 g/mol. The van der Waals surface area contributed by atoms with Crippen molar-refractivity contribution in [1.29, 1.82) is 0 Å². The highest BCUT2D eigenvalue weighted by molar-refractivity contribution is 8.01. The van der Waals surface area contributed by atoms with E-state index in [0.29, 0.717) is 13.0 Å². The predicted molar refractivity (Wildman–Crippen MR) is 92.0 cm³/mol. The average Bonchev–Trinajstić information content (AvgIpc) is 2.96. The van der Waals surface area contributed by atoms with Crippen LogP contribution in [0.25, 0.3) is 10.3 Å². The molecule has 3 rings (SSSR count). The first kappa shape index (κ1) is 15.9. The highest BCUT2D eigenvalue weighted by Gasteiger charge is 2.13. The van der Waals surface area contributed by atoms with E-state index in [4.69, 9.17) is 5.73 Å². The van der Waals surface area contributed by atoms with Gasteiger partial charge in [-0.05, 0) is 43.1 Å². The fourth-order valence-corrected chi connectivity index (χ4v) is 4.23. The molecule has 0 saturated carbocycles. The number of nitrogens with two attached hydrogens (primary N) is 1. The van der Waals surface area contributed by atoms with Crippen LogP contribution in [0.4, 0.5) is 5.69 Å². The molecule has 0 aliphatic heterocycles. The van der Waals surface area contributed by atoms with E-state index in [1.807, 2.05) is 12.1 Å². The number of thiazole rings is 1. The fourth-order valence-electron chi connectivity index (χ4n) is 2.15. The molecule has 0 radical (unpaired) electrons. The Morgan fingerprint density at radius 2 is 2.22 bits per heavy atom. The molecule has 2 heterocycles. The summed E-state index contributed by atoms with van der Waals surface area (Å²) >= 11 is 3.03. The molecular formula is C15H14N4O2S2. The maximum Gasteiger partial charge on any atom is 0.269 e. The Labute approximate surface area is 140 Å². The van der Waals surface area contributed by atoms with Gasteiger partial charge in [0, 0.05) is 23.2 Å². The Morgan fingerprint density at radius 3 is 2.96 bits per heavy atom. The molecule has 8 heteroatoms. The SMILES string of the molecule is NCCCc1cc([N+](=O)[O-])ccc1Sc1nc2cccnc2s1. The van der Waals surface area contributed by atoms with Gasteiger partial charge in [-0.3, -0.25) is 10.1 Å². The van der Waals surface area contributed by atoms with Crippen molar-refractivity contribution in [3.8, 4) is 0 Å². The summed E-state index contributed by atoms with van der Waals surface area (Å²) in [5.74, 6) is 0. The predicted octanol–water partition coefficient (Wildman–Crippen LogP) is 3.64. The normalized spacial score (nSPS) is 11.0. The first-order chi connectivity index (χ1) is 11.2. The first-order valence-corrected chi connectivity index (χ1v) is 8.67. The molecule has 0 aliphatic carbocycles. The summed E-state index contributed by atoms with van der Waals surface area (Å²) < 4.78 is 0.876. The minimum Gasteiger partial charge on any atom is -0.330 e. The maximum absolute atomic E-state index is 11.0. The van der Waals surface area contributed by atoms with Gasteiger partial charge in [0.25, 0.3) is 5.69 Å². The van der Waals surface area contributed by atoms with E-state index in [1.54, 1.807) is 18.3 Å². The fraction of sp³-hybridized carbons (Fsp3) is 0.200. The molecule has 23 heavy (non-hydrogen) atoms. The summed E-state index contributed by atoms with van der Waals surface area (Å²) in [5.41, 5.74) is 7.47. The van der Waals surface area contributed by atoms with Crippen LogP contribution in [0.2, 0.25) is 0 Å². The van der Waals surface area contributed by atoms with E-state index in [2.05, 4.69) is 9.97 Å². The summed E-state index contributed by atoms with van der Waals surface area (Å²) in [6.07, 6.45) is 3.24. The Kier molecular flexibility index (Phi) is 4.85. The maximum atomic E-state index is 11.0. The van der Waals surface area contributed by atoms with Crippen molar-refractivity contribution in [3.05, 3.63) is 52.2 Å². The Hall–Kier alpha value is -2.03. The van der Waals surface area contributed by atoms with Crippen LogP contribution in [0.3, 0.4) is 0 Å². The van der Waals surface area contributed by atoms with Crippen molar-refractivity contribution in [2.24, 2.45) is 5.73 Å². The van der Waals surface area contributed by atoms with E-state index in [1.165, 1.54) is 29.2 Å². The number of hydrogen-bond donors (Lipinski definition) is 1. The number of nitro groups is 1. The van der Waals surface area contributed by atoms with E-state index >= 15 is 0 Å². The van der Waals surface area contributed by atoms with Crippen LogP contribution in [-0.2, 0) is 6.42 Å². The standard InChI is InChI=1S/C15H14N4O2S2/c16-7-1-3-10-9-11(19(20)21)5-6-13(10)22-15-18-12-4-2-8-17-14(12)23-15/h2,4-6,8-9H,1,3,7,16H2. The molecule has 118 valence electrons. The molecule has 1 aromatic carbocycles. The van der Waals surface area contributed by atoms with Crippen LogP contribution < -0.4 is 5.73 Å². The van der Waals surface area contributed by atoms with Crippen molar-refractivity contribution in [1.82, 2.24) is 9.97 Å². The molecule has 0 unspecified atom stereocenters. The van der Waals surface area contributed by atoms with Crippen molar-refractivity contribution >= 4 is 39.1 Å². The zero-order valence-electron chi connectivity index (χ0n) is 12.1. The van der Waals surface area contributed by atoms with Gasteiger partial charge in [-0.25, -0.2) is 9.97 Å². The van der Waals surface area contributed by atoms with E-state index in [9.17, 15) is 10.1 Å². The number of fused-ring (bicyclic) bond motifs is 1. The monoisotopic (exact) mass is 346 g/mol. The topological polar surface area (TPSA) is 94.9 Å². The van der Waals surface area contributed by atoms with Gasteiger partial charge in [-0.1, -0.05) is 23.1 Å². The number of non-ortho nitro benzene ring substituents is 1. The van der Waals surface area contributed by atoms with E-state index in [-0.39, 0.29) is 10.6 Å². The van der Waals surface area contributed by atoms with Crippen molar-refractivity contribution in [2.45, 2.75) is 22.1 Å².